The summed E-state index contributed by atoms with van der Waals surface area (Å²) < 4.78 is 50.5. The van der Waals surface area contributed by atoms with E-state index in [1.807, 2.05) is 12.1 Å². The second-order valence-corrected chi connectivity index (χ2v) is 14.5. The molecule has 5 rings (SSSR count). The molecule has 0 saturated carbocycles. The van der Waals surface area contributed by atoms with Gasteiger partial charge in [-0.1, -0.05) is 121 Å². The standard InChI is InChI=1S/C28H28O2P2.C8H12.BF4.Rh/c1-29-25-17-9-11-19-27(25)31(23-13-5-3-6-14-23)21-22-32(24-15-7-4-8-16-24)28-20-12-10-18-26(28)30-2;1-2-4-6-8-7-5-3-1;2-1(3,4)5;/h3-20H,21-22H2,1-2H3;1-2,7-8H,3-6H2;;/q;;-1;. The first-order valence-corrected chi connectivity index (χ1v) is 18.0. The number of halogens is 4. The Balaban J connectivity index is 0.000000440. The molecule has 0 spiro atoms. The van der Waals surface area contributed by atoms with Crippen LogP contribution in [0.4, 0.5) is 17.3 Å². The van der Waals surface area contributed by atoms with E-state index in [0.29, 0.717) is 0 Å². The van der Waals surface area contributed by atoms with Gasteiger partial charge in [0.05, 0.1) is 14.2 Å². The van der Waals surface area contributed by atoms with Gasteiger partial charge in [0.2, 0.25) is 0 Å². The molecule has 0 fully saturated rings. The molecule has 2 unspecified atom stereocenters. The summed E-state index contributed by atoms with van der Waals surface area (Å²) in [4.78, 5) is 0. The van der Waals surface area contributed by atoms with Crippen LogP contribution in [0.25, 0.3) is 0 Å². The number of ether oxygens (including phenoxy) is 2. The molecular formula is C36H40BF4O2P2Rh-. The van der Waals surface area contributed by atoms with Gasteiger partial charge in [0.1, 0.15) is 11.5 Å². The van der Waals surface area contributed by atoms with Gasteiger partial charge < -0.3 is 26.7 Å². The van der Waals surface area contributed by atoms with Crippen molar-refractivity contribution in [1.82, 2.24) is 0 Å². The second-order valence-electron chi connectivity index (χ2n) is 9.91. The van der Waals surface area contributed by atoms with Gasteiger partial charge in [0.25, 0.3) is 0 Å². The second kappa shape index (κ2) is 21.9. The summed E-state index contributed by atoms with van der Waals surface area (Å²) in [6.45, 7) is 0. The maximum atomic E-state index is 9.75. The van der Waals surface area contributed by atoms with Crippen LogP contribution in [0.15, 0.2) is 133 Å². The molecule has 1 radical (unpaired) electrons. The molecule has 2 nitrogen and oxygen atoms in total. The third-order valence-corrected chi connectivity index (χ3v) is 12.2. The first-order valence-electron chi connectivity index (χ1n) is 14.9. The summed E-state index contributed by atoms with van der Waals surface area (Å²) in [5, 5.41) is 5.38. The quantitative estimate of drug-likeness (QED) is 0.0735. The van der Waals surface area contributed by atoms with E-state index in [1.54, 1.807) is 14.2 Å². The van der Waals surface area contributed by atoms with Crippen LogP contribution < -0.4 is 30.7 Å². The molecule has 4 aromatic carbocycles. The largest absolute Gasteiger partial charge is 0.673 e. The van der Waals surface area contributed by atoms with Crippen molar-refractivity contribution in [3.8, 4) is 11.5 Å². The van der Waals surface area contributed by atoms with Crippen LogP contribution in [0.2, 0.25) is 0 Å². The zero-order chi connectivity index (χ0) is 32.3. The van der Waals surface area contributed by atoms with Gasteiger partial charge in [0, 0.05) is 30.1 Å². The van der Waals surface area contributed by atoms with Crippen molar-refractivity contribution >= 4 is 44.3 Å². The summed E-state index contributed by atoms with van der Waals surface area (Å²) in [6.07, 6.45) is 16.2. The molecule has 0 aromatic heterocycles. The molecule has 46 heavy (non-hydrogen) atoms. The molecule has 10 heteroatoms. The molecule has 0 N–H and O–H groups in total. The molecule has 0 heterocycles. The van der Waals surface area contributed by atoms with Crippen molar-refractivity contribution in [1.29, 1.82) is 0 Å². The number of rotatable bonds is 9. The fraction of sp³-hybridized carbons (Fsp3) is 0.222. The minimum atomic E-state index is -6.00. The predicted molar refractivity (Wildman–Crippen MR) is 188 cm³/mol. The third-order valence-electron chi connectivity index (χ3n) is 6.77. The Hall–Kier alpha value is -2.77. The summed E-state index contributed by atoms with van der Waals surface area (Å²) in [5.41, 5.74) is 0. The predicted octanol–water partition coefficient (Wildman–Crippen LogP) is 9.24. The number of methoxy groups -OCH3 is 2. The summed E-state index contributed by atoms with van der Waals surface area (Å²) in [5.74, 6) is 1.95. The Morgan fingerprint density at radius 1 is 0.500 bits per heavy atom. The van der Waals surface area contributed by atoms with E-state index >= 15 is 0 Å². The molecular weight excluding hydrogens is 716 g/mol. The summed E-state index contributed by atoms with van der Waals surface area (Å²) in [6, 6.07) is 38.7. The minimum absolute atomic E-state index is 0. The van der Waals surface area contributed by atoms with Crippen LogP contribution in [0.3, 0.4) is 0 Å². The minimum Gasteiger partial charge on any atom is -0.496 e. The van der Waals surface area contributed by atoms with E-state index in [0.717, 1.165) is 23.8 Å². The third kappa shape index (κ3) is 14.3. The fourth-order valence-electron chi connectivity index (χ4n) is 4.75. The maximum absolute atomic E-state index is 9.75. The van der Waals surface area contributed by atoms with Gasteiger partial charge in [0.15, 0.2) is 0 Å². The molecule has 0 amide bonds. The molecule has 0 bridgehead atoms. The van der Waals surface area contributed by atoms with Crippen LogP contribution in [-0.4, -0.2) is 33.8 Å². The zero-order valence-electron chi connectivity index (χ0n) is 26.1. The van der Waals surface area contributed by atoms with Gasteiger partial charge in [-0.15, -0.1) is 0 Å². The maximum Gasteiger partial charge on any atom is 0.673 e. The van der Waals surface area contributed by atoms with E-state index in [9.17, 15) is 17.3 Å². The Morgan fingerprint density at radius 3 is 1.09 bits per heavy atom. The van der Waals surface area contributed by atoms with Gasteiger partial charge in [-0.25, -0.2) is 0 Å². The van der Waals surface area contributed by atoms with Crippen molar-refractivity contribution in [2.45, 2.75) is 25.7 Å². The van der Waals surface area contributed by atoms with Crippen molar-refractivity contribution in [3.05, 3.63) is 133 Å². The van der Waals surface area contributed by atoms with E-state index in [4.69, 9.17) is 9.47 Å². The van der Waals surface area contributed by atoms with E-state index in [1.165, 1.54) is 46.9 Å². The topological polar surface area (TPSA) is 18.5 Å². The van der Waals surface area contributed by atoms with Gasteiger partial charge in [-0.2, -0.15) is 0 Å². The normalized spacial score (nSPS) is 13.6. The van der Waals surface area contributed by atoms with Gasteiger partial charge in [-0.05, 0) is 76.6 Å². The summed E-state index contributed by atoms with van der Waals surface area (Å²) in [7, 11) is -3.57. The molecule has 0 aliphatic heterocycles. The van der Waals surface area contributed by atoms with E-state index in [-0.39, 0.29) is 19.5 Å². The Morgan fingerprint density at radius 2 is 0.783 bits per heavy atom. The number of para-hydroxylation sites is 2. The van der Waals surface area contributed by atoms with Gasteiger partial charge in [-0.3, -0.25) is 0 Å². The average Bonchev–Trinajstić information content (AvgIpc) is 3.03. The molecule has 247 valence electrons. The molecule has 1 aliphatic carbocycles. The number of hydrogen-bond acceptors (Lipinski definition) is 2. The van der Waals surface area contributed by atoms with Crippen molar-refractivity contribution in [3.63, 3.8) is 0 Å². The molecule has 2 atom stereocenters. The van der Waals surface area contributed by atoms with Crippen LogP contribution in [-0.2, 0) is 19.5 Å². The van der Waals surface area contributed by atoms with Crippen LogP contribution in [0.5, 0.6) is 11.5 Å². The SMILES string of the molecule is C1=CCCC=CCC1.COc1ccccc1P(CCP(c1ccccc1)c1ccccc1OC)c1ccccc1.F[B-](F)(F)F.[Rh]. The fourth-order valence-corrected chi connectivity index (χ4v) is 10.4. The van der Waals surface area contributed by atoms with E-state index in [2.05, 4.69) is 121 Å². The van der Waals surface area contributed by atoms with E-state index < -0.39 is 23.1 Å². The summed E-state index contributed by atoms with van der Waals surface area (Å²) >= 11 is 0. The number of hydrogen-bond donors (Lipinski definition) is 0. The molecule has 0 saturated heterocycles. The van der Waals surface area contributed by atoms with Crippen LogP contribution >= 0.6 is 15.8 Å². The number of allylic oxidation sites excluding steroid dienone is 4. The monoisotopic (exact) mass is 756 g/mol. The Labute approximate surface area is 286 Å². The van der Waals surface area contributed by atoms with Crippen LogP contribution in [0, 0.1) is 0 Å². The average molecular weight is 756 g/mol. The molecule has 1 aliphatic rings. The first kappa shape index (κ1) is 39.4. The number of benzene rings is 4. The van der Waals surface area contributed by atoms with Gasteiger partial charge >= 0.3 is 7.25 Å². The molecule has 4 aromatic rings. The first-order chi connectivity index (χ1) is 21.8. The van der Waals surface area contributed by atoms with Crippen LogP contribution in [0.1, 0.15) is 25.7 Å². The Kier molecular flexibility index (Phi) is 18.8. The smallest absolute Gasteiger partial charge is 0.496 e. The van der Waals surface area contributed by atoms with Crippen molar-refractivity contribution < 1.29 is 46.2 Å². The van der Waals surface area contributed by atoms with Crippen molar-refractivity contribution in [2.75, 3.05) is 26.5 Å². The zero-order valence-corrected chi connectivity index (χ0v) is 29.5. The Bertz CT molecular complexity index is 1330. The van der Waals surface area contributed by atoms with Crippen molar-refractivity contribution in [2.24, 2.45) is 0 Å².